The first-order valence-electron chi connectivity index (χ1n) is 6.85. The summed E-state index contributed by atoms with van der Waals surface area (Å²) in [7, 11) is 0. The van der Waals surface area contributed by atoms with Gasteiger partial charge < -0.3 is 4.42 Å². The molecule has 22 heavy (non-hydrogen) atoms. The lowest BCUT2D eigenvalue weighted by atomic mass is 10.1. The van der Waals surface area contributed by atoms with Gasteiger partial charge in [0.2, 0.25) is 0 Å². The molecule has 0 spiro atoms. The van der Waals surface area contributed by atoms with Gasteiger partial charge in [-0.2, -0.15) is 0 Å². The van der Waals surface area contributed by atoms with Crippen molar-refractivity contribution in [1.82, 2.24) is 0 Å². The van der Waals surface area contributed by atoms with Crippen molar-refractivity contribution < 1.29 is 13.6 Å². The zero-order valence-corrected chi connectivity index (χ0v) is 11.7. The standard InChI is InChI=1S/C19H13FO2/c20-16-8-6-14(7-9-16)18(21)12-10-17-11-13-19(22-17)15-4-2-1-3-5-15/h1-13H. The molecule has 108 valence electrons. The van der Waals surface area contributed by atoms with Crippen molar-refractivity contribution in [3.05, 3.63) is 89.9 Å². The second kappa shape index (κ2) is 6.22. The average Bonchev–Trinajstić information content (AvgIpc) is 3.03. The maximum Gasteiger partial charge on any atom is 0.185 e. The summed E-state index contributed by atoms with van der Waals surface area (Å²) in [6.45, 7) is 0. The Balaban J connectivity index is 1.75. The predicted octanol–water partition coefficient (Wildman–Crippen LogP) is 4.98. The number of furan rings is 1. The maximum atomic E-state index is 12.8. The summed E-state index contributed by atoms with van der Waals surface area (Å²) >= 11 is 0. The van der Waals surface area contributed by atoms with Gasteiger partial charge in [0.05, 0.1) is 0 Å². The van der Waals surface area contributed by atoms with Crippen molar-refractivity contribution >= 4 is 11.9 Å². The highest BCUT2D eigenvalue weighted by Crippen LogP contribution is 2.22. The lowest BCUT2D eigenvalue weighted by Gasteiger charge is -1.95. The summed E-state index contributed by atoms with van der Waals surface area (Å²) in [5.41, 5.74) is 1.42. The molecule has 0 fully saturated rings. The molecule has 3 rings (SSSR count). The zero-order valence-electron chi connectivity index (χ0n) is 11.7. The van der Waals surface area contributed by atoms with E-state index in [1.165, 1.54) is 30.3 Å². The minimum absolute atomic E-state index is 0.197. The summed E-state index contributed by atoms with van der Waals surface area (Å²) in [5.74, 6) is 0.778. The molecule has 0 aliphatic rings. The van der Waals surface area contributed by atoms with Crippen LogP contribution in [0.1, 0.15) is 16.1 Å². The Morgan fingerprint density at radius 1 is 0.909 bits per heavy atom. The first-order valence-corrected chi connectivity index (χ1v) is 6.85. The molecule has 0 unspecified atom stereocenters. The van der Waals surface area contributed by atoms with Gasteiger partial charge in [0.15, 0.2) is 5.78 Å². The highest BCUT2D eigenvalue weighted by molar-refractivity contribution is 6.06. The molecule has 2 aromatic carbocycles. The molecule has 2 nitrogen and oxygen atoms in total. The maximum absolute atomic E-state index is 12.8. The first-order chi connectivity index (χ1) is 10.7. The van der Waals surface area contributed by atoms with E-state index >= 15 is 0 Å². The van der Waals surface area contributed by atoms with E-state index in [4.69, 9.17) is 4.42 Å². The summed E-state index contributed by atoms with van der Waals surface area (Å²) in [6, 6.07) is 18.8. The summed E-state index contributed by atoms with van der Waals surface area (Å²) in [4.78, 5) is 12.0. The van der Waals surface area contributed by atoms with Crippen LogP contribution in [-0.2, 0) is 0 Å². The van der Waals surface area contributed by atoms with Gasteiger partial charge in [-0.3, -0.25) is 4.79 Å². The lowest BCUT2D eigenvalue weighted by Crippen LogP contribution is -1.93. The molecule has 3 heteroatoms. The first kappa shape index (κ1) is 14.0. The van der Waals surface area contributed by atoms with Crippen LogP contribution in [0.25, 0.3) is 17.4 Å². The Hall–Kier alpha value is -2.94. The number of carbonyl (C=O) groups is 1. The number of carbonyl (C=O) groups excluding carboxylic acids is 1. The van der Waals surface area contributed by atoms with Gasteiger partial charge in [-0.25, -0.2) is 4.39 Å². The number of ketones is 1. The van der Waals surface area contributed by atoms with Crippen LogP contribution in [0.5, 0.6) is 0 Å². The number of benzene rings is 2. The van der Waals surface area contributed by atoms with Crippen LogP contribution in [0.15, 0.2) is 77.2 Å². The lowest BCUT2D eigenvalue weighted by molar-refractivity contribution is 0.104. The second-order valence-electron chi connectivity index (χ2n) is 4.77. The molecule has 1 aromatic heterocycles. The molecule has 0 aliphatic heterocycles. The Bertz CT molecular complexity index is 799. The van der Waals surface area contributed by atoms with Gasteiger partial charge in [-0.1, -0.05) is 30.3 Å². The number of hydrogen-bond acceptors (Lipinski definition) is 2. The van der Waals surface area contributed by atoms with Crippen molar-refractivity contribution in [2.45, 2.75) is 0 Å². The van der Waals surface area contributed by atoms with Gasteiger partial charge in [-0.05, 0) is 48.6 Å². The van der Waals surface area contributed by atoms with E-state index in [0.717, 1.165) is 11.3 Å². The SMILES string of the molecule is O=C(C=Cc1ccc(-c2ccccc2)o1)c1ccc(F)cc1. The van der Waals surface area contributed by atoms with Gasteiger partial charge in [-0.15, -0.1) is 0 Å². The molecule has 0 radical (unpaired) electrons. The Kier molecular flexibility index (Phi) is 3.97. The largest absolute Gasteiger partial charge is 0.457 e. The third-order valence-corrected chi connectivity index (χ3v) is 3.21. The Morgan fingerprint density at radius 3 is 2.36 bits per heavy atom. The van der Waals surface area contributed by atoms with Gasteiger partial charge in [0.1, 0.15) is 17.3 Å². The van der Waals surface area contributed by atoms with E-state index in [1.807, 2.05) is 36.4 Å². The van der Waals surface area contributed by atoms with Crippen LogP contribution in [0, 0.1) is 5.82 Å². The van der Waals surface area contributed by atoms with Crippen LogP contribution >= 0.6 is 0 Å². The van der Waals surface area contributed by atoms with E-state index in [9.17, 15) is 9.18 Å². The topological polar surface area (TPSA) is 30.2 Å². The Labute approximate surface area is 127 Å². The minimum atomic E-state index is -0.362. The van der Waals surface area contributed by atoms with Crippen molar-refractivity contribution in [2.24, 2.45) is 0 Å². The molecule has 1 heterocycles. The number of hydrogen-bond donors (Lipinski definition) is 0. The quantitative estimate of drug-likeness (QED) is 0.501. The van der Waals surface area contributed by atoms with Crippen LogP contribution in [0.4, 0.5) is 4.39 Å². The van der Waals surface area contributed by atoms with E-state index in [0.29, 0.717) is 11.3 Å². The van der Waals surface area contributed by atoms with E-state index < -0.39 is 0 Å². The molecular weight excluding hydrogens is 279 g/mol. The van der Waals surface area contributed by atoms with Crippen molar-refractivity contribution in [2.75, 3.05) is 0 Å². The molecule has 0 saturated carbocycles. The predicted molar refractivity (Wildman–Crippen MR) is 83.9 cm³/mol. The molecule has 0 amide bonds. The number of halogens is 1. The number of allylic oxidation sites excluding steroid dienone is 1. The second-order valence-corrected chi connectivity index (χ2v) is 4.77. The number of rotatable bonds is 4. The zero-order chi connectivity index (χ0) is 15.4. The summed E-state index contributed by atoms with van der Waals surface area (Å²) in [5, 5.41) is 0. The fourth-order valence-electron chi connectivity index (χ4n) is 2.07. The van der Waals surface area contributed by atoms with Crippen molar-refractivity contribution in [1.29, 1.82) is 0 Å². The minimum Gasteiger partial charge on any atom is -0.457 e. The molecule has 0 bridgehead atoms. The van der Waals surface area contributed by atoms with Gasteiger partial charge in [0.25, 0.3) is 0 Å². The van der Waals surface area contributed by atoms with Crippen LogP contribution in [-0.4, -0.2) is 5.78 Å². The van der Waals surface area contributed by atoms with Crippen molar-refractivity contribution in [3.8, 4) is 11.3 Å². The molecular formula is C19H13FO2. The Morgan fingerprint density at radius 2 is 1.64 bits per heavy atom. The normalized spacial score (nSPS) is 11.0. The van der Waals surface area contributed by atoms with Crippen LogP contribution < -0.4 is 0 Å². The highest BCUT2D eigenvalue weighted by Gasteiger charge is 2.04. The van der Waals surface area contributed by atoms with E-state index in [-0.39, 0.29) is 11.6 Å². The molecule has 0 saturated heterocycles. The third-order valence-electron chi connectivity index (χ3n) is 3.21. The fraction of sp³-hybridized carbons (Fsp3) is 0. The fourth-order valence-corrected chi connectivity index (χ4v) is 2.07. The van der Waals surface area contributed by atoms with Crippen molar-refractivity contribution in [3.63, 3.8) is 0 Å². The van der Waals surface area contributed by atoms with E-state index in [2.05, 4.69) is 0 Å². The summed E-state index contributed by atoms with van der Waals surface area (Å²) < 4.78 is 18.5. The molecule has 0 aliphatic carbocycles. The smallest absolute Gasteiger partial charge is 0.185 e. The third kappa shape index (κ3) is 3.20. The van der Waals surface area contributed by atoms with Crippen LogP contribution in [0.3, 0.4) is 0 Å². The molecule has 0 N–H and O–H groups in total. The molecule has 3 aromatic rings. The highest BCUT2D eigenvalue weighted by atomic mass is 19.1. The average molecular weight is 292 g/mol. The molecule has 0 atom stereocenters. The monoisotopic (exact) mass is 292 g/mol. The van der Waals surface area contributed by atoms with Gasteiger partial charge >= 0.3 is 0 Å². The van der Waals surface area contributed by atoms with Gasteiger partial charge in [0, 0.05) is 11.1 Å². The summed E-state index contributed by atoms with van der Waals surface area (Å²) in [6.07, 6.45) is 3.03. The van der Waals surface area contributed by atoms with Crippen LogP contribution in [0.2, 0.25) is 0 Å². The van der Waals surface area contributed by atoms with E-state index in [1.54, 1.807) is 12.1 Å².